The molecule has 1 atom stereocenters. The summed E-state index contributed by atoms with van der Waals surface area (Å²) in [7, 11) is -1.52. The van der Waals surface area contributed by atoms with Gasteiger partial charge in [-0.05, 0) is 44.4 Å². The summed E-state index contributed by atoms with van der Waals surface area (Å²) < 4.78 is 28.8. The van der Waals surface area contributed by atoms with Gasteiger partial charge in [-0.1, -0.05) is 6.42 Å². The van der Waals surface area contributed by atoms with Gasteiger partial charge in [-0.3, -0.25) is 0 Å². The van der Waals surface area contributed by atoms with Crippen molar-refractivity contribution in [2.75, 3.05) is 26.7 Å². The Kier molecular flexibility index (Phi) is 4.36. The third-order valence-electron chi connectivity index (χ3n) is 4.70. The first kappa shape index (κ1) is 14.8. The molecule has 116 valence electrons. The van der Waals surface area contributed by atoms with Crippen molar-refractivity contribution in [1.29, 1.82) is 0 Å². The zero-order valence-corrected chi connectivity index (χ0v) is 13.2. The SMILES string of the molecule is CN(CC1CC1)S(=O)(=O)N1CCCCC1CNC1CC1. The van der Waals surface area contributed by atoms with Crippen molar-refractivity contribution in [2.24, 2.45) is 5.92 Å². The summed E-state index contributed by atoms with van der Waals surface area (Å²) in [5.41, 5.74) is 0. The van der Waals surface area contributed by atoms with Gasteiger partial charge in [0.2, 0.25) is 0 Å². The van der Waals surface area contributed by atoms with Gasteiger partial charge in [0.05, 0.1) is 0 Å². The molecule has 0 spiro atoms. The third-order valence-corrected chi connectivity index (χ3v) is 6.71. The Labute approximate surface area is 122 Å². The summed E-state index contributed by atoms with van der Waals surface area (Å²) >= 11 is 0. The van der Waals surface area contributed by atoms with E-state index in [0.29, 0.717) is 25.0 Å². The van der Waals surface area contributed by atoms with E-state index in [1.165, 1.54) is 25.7 Å². The maximum Gasteiger partial charge on any atom is 0.282 e. The second kappa shape index (κ2) is 5.91. The van der Waals surface area contributed by atoms with Crippen molar-refractivity contribution < 1.29 is 8.42 Å². The topological polar surface area (TPSA) is 52.7 Å². The van der Waals surface area contributed by atoms with E-state index in [1.54, 1.807) is 15.7 Å². The molecule has 2 aliphatic carbocycles. The van der Waals surface area contributed by atoms with Crippen LogP contribution in [-0.2, 0) is 10.2 Å². The molecule has 1 N–H and O–H groups in total. The van der Waals surface area contributed by atoms with Crippen LogP contribution >= 0.6 is 0 Å². The molecule has 0 radical (unpaired) electrons. The monoisotopic (exact) mass is 301 g/mol. The van der Waals surface area contributed by atoms with Crippen molar-refractivity contribution in [3.05, 3.63) is 0 Å². The van der Waals surface area contributed by atoms with E-state index in [2.05, 4.69) is 5.32 Å². The molecule has 0 aromatic heterocycles. The highest BCUT2D eigenvalue weighted by atomic mass is 32.2. The first-order valence-corrected chi connectivity index (χ1v) is 9.43. The van der Waals surface area contributed by atoms with Crippen LogP contribution < -0.4 is 5.32 Å². The maximum absolute atomic E-state index is 12.7. The molecule has 20 heavy (non-hydrogen) atoms. The first-order chi connectivity index (χ1) is 9.57. The molecule has 1 aliphatic heterocycles. The molecule has 3 fully saturated rings. The van der Waals surface area contributed by atoms with Crippen LogP contribution in [0.3, 0.4) is 0 Å². The molecule has 0 aromatic carbocycles. The smallest absolute Gasteiger partial charge is 0.282 e. The van der Waals surface area contributed by atoms with Gasteiger partial charge in [-0.25, -0.2) is 0 Å². The van der Waals surface area contributed by atoms with Crippen molar-refractivity contribution in [1.82, 2.24) is 13.9 Å². The number of nitrogens with zero attached hydrogens (tertiary/aromatic N) is 2. The lowest BCUT2D eigenvalue weighted by atomic mass is 10.1. The fourth-order valence-electron chi connectivity index (χ4n) is 3.01. The minimum Gasteiger partial charge on any atom is -0.312 e. The highest BCUT2D eigenvalue weighted by molar-refractivity contribution is 7.86. The van der Waals surface area contributed by atoms with Crippen LogP contribution in [0.5, 0.6) is 0 Å². The molecule has 6 heteroatoms. The highest BCUT2D eigenvalue weighted by Gasteiger charge is 2.37. The van der Waals surface area contributed by atoms with Crippen LogP contribution in [0.15, 0.2) is 0 Å². The number of hydrogen-bond donors (Lipinski definition) is 1. The summed E-state index contributed by atoms with van der Waals surface area (Å²) in [5.74, 6) is 0.600. The average molecular weight is 301 g/mol. The van der Waals surface area contributed by atoms with Gasteiger partial charge in [0, 0.05) is 38.8 Å². The molecule has 5 nitrogen and oxygen atoms in total. The summed E-state index contributed by atoms with van der Waals surface area (Å²) in [6, 6.07) is 0.793. The Morgan fingerprint density at radius 3 is 2.55 bits per heavy atom. The molecular weight excluding hydrogens is 274 g/mol. The van der Waals surface area contributed by atoms with Crippen molar-refractivity contribution in [3.63, 3.8) is 0 Å². The van der Waals surface area contributed by atoms with Gasteiger partial charge in [-0.2, -0.15) is 17.0 Å². The largest absolute Gasteiger partial charge is 0.312 e. The Hall–Kier alpha value is -0.170. The van der Waals surface area contributed by atoms with Gasteiger partial charge in [0.25, 0.3) is 10.2 Å². The van der Waals surface area contributed by atoms with E-state index in [-0.39, 0.29) is 6.04 Å². The van der Waals surface area contributed by atoms with Crippen LogP contribution in [0, 0.1) is 5.92 Å². The van der Waals surface area contributed by atoms with E-state index >= 15 is 0 Å². The quantitative estimate of drug-likeness (QED) is 0.768. The molecular formula is C14H27N3O2S. The molecule has 0 bridgehead atoms. The zero-order valence-electron chi connectivity index (χ0n) is 12.4. The summed E-state index contributed by atoms with van der Waals surface area (Å²) in [6.07, 6.45) is 8.02. The molecule has 0 amide bonds. The minimum atomic E-state index is -3.27. The summed E-state index contributed by atoms with van der Waals surface area (Å²) in [5, 5.41) is 3.50. The lowest BCUT2D eigenvalue weighted by Crippen LogP contribution is -2.53. The second-order valence-corrected chi connectivity index (χ2v) is 8.66. The molecule has 3 aliphatic rings. The lowest BCUT2D eigenvalue weighted by Gasteiger charge is -2.37. The summed E-state index contributed by atoms with van der Waals surface area (Å²) in [4.78, 5) is 0. The van der Waals surface area contributed by atoms with Gasteiger partial charge in [0.1, 0.15) is 0 Å². The van der Waals surface area contributed by atoms with Gasteiger partial charge in [-0.15, -0.1) is 0 Å². The zero-order chi connectivity index (χ0) is 14.2. The molecule has 1 saturated heterocycles. The molecule has 1 unspecified atom stereocenters. The Bertz CT molecular complexity index is 432. The second-order valence-electron chi connectivity index (χ2n) is 6.67. The maximum atomic E-state index is 12.7. The van der Waals surface area contributed by atoms with E-state index in [4.69, 9.17) is 0 Å². The van der Waals surface area contributed by atoms with Crippen molar-refractivity contribution in [2.45, 2.75) is 57.0 Å². The minimum absolute atomic E-state index is 0.149. The van der Waals surface area contributed by atoms with Crippen LogP contribution in [0.25, 0.3) is 0 Å². The fraction of sp³-hybridized carbons (Fsp3) is 1.00. The normalized spacial score (nSPS) is 29.0. The van der Waals surface area contributed by atoms with Crippen LogP contribution in [-0.4, -0.2) is 55.8 Å². The Morgan fingerprint density at radius 1 is 1.15 bits per heavy atom. The van der Waals surface area contributed by atoms with Crippen LogP contribution in [0.4, 0.5) is 0 Å². The standard InChI is InChI=1S/C14H27N3O2S/c1-16(11-12-5-6-12)20(18,19)17-9-3-2-4-14(17)10-15-13-7-8-13/h12-15H,2-11H2,1H3. The molecule has 1 heterocycles. The highest BCUT2D eigenvalue weighted by Crippen LogP contribution is 2.31. The predicted molar refractivity (Wildman–Crippen MR) is 79.6 cm³/mol. The lowest BCUT2D eigenvalue weighted by molar-refractivity contribution is 0.229. The number of piperidine rings is 1. The van der Waals surface area contributed by atoms with E-state index in [1.807, 2.05) is 0 Å². The van der Waals surface area contributed by atoms with Crippen molar-refractivity contribution >= 4 is 10.2 Å². The third kappa shape index (κ3) is 3.53. The van der Waals surface area contributed by atoms with Gasteiger partial charge >= 0.3 is 0 Å². The Balaban J connectivity index is 1.62. The van der Waals surface area contributed by atoms with Gasteiger partial charge < -0.3 is 5.32 Å². The first-order valence-electron chi connectivity index (χ1n) is 8.04. The number of rotatable bonds is 7. The predicted octanol–water partition coefficient (Wildman–Crippen LogP) is 1.18. The molecule has 3 rings (SSSR count). The fourth-order valence-corrected chi connectivity index (χ4v) is 4.68. The molecule has 2 saturated carbocycles. The summed E-state index contributed by atoms with van der Waals surface area (Å²) in [6.45, 7) is 2.21. The van der Waals surface area contributed by atoms with Crippen LogP contribution in [0.2, 0.25) is 0 Å². The van der Waals surface area contributed by atoms with Crippen LogP contribution in [0.1, 0.15) is 44.9 Å². The number of hydrogen-bond acceptors (Lipinski definition) is 3. The Morgan fingerprint density at radius 2 is 1.90 bits per heavy atom. The molecule has 0 aromatic rings. The van der Waals surface area contributed by atoms with E-state index < -0.39 is 10.2 Å². The average Bonchev–Trinajstić information content (AvgIpc) is 3.31. The number of nitrogens with one attached hydrogen (secondary N) is 1. The van der Waals surface area contributed by atoms with E-state index in [0.717, 1.165) is 25.8 Å². The van der Waals surface area contributed by atoms with Crippen molar-refractivity contribution in [3.8, 4) is 0 Å². The van der Waals surface area contributed by atoms with E-state index in [9.17, 15) is 8.42 Å². The van der Waals surface area contributed by atoms with Gasteiger partial charge in [0.15, 0.2) is 0 Å².